The van der Waals surface area contributed by atoms with E-state index in [2.05, 4.69) is 29.1 Å². The van der Waals surface area contributed by atoms with Crippen LogP contribution in [-0.4, -0.2) is 21.9 Å². The van der Waals surface area contributed by atoms with Crippen molar-refractivity contribution in [1.29, 1.82) is 0 Å². The molecule has 1 aliphatic rings. The average Bonchev–Trinajstić information content (AvgIpc) is 3.19. The van der Waals surface area contributed by atoms with Crippen LogP contribution < -0.4 is 11.1 Å². The maximum absolute atomic E-state index is 14.2. The lowest BCUT2D eigenvalue weighted by Gasteiger charge is -2.39. The van der Waals surface area contributed by atoms with Gasteiger partial charge in [-0.1, -0.05) is 25.4 Å². The fourth-order valence-electron chi connectivity index (χ4n) is 4.44. The first kappa shape index (κ1) is 21.9. The third kappa shape index (κ3) is 4.95. The smallest absolute Gasteiger partial charge is 0.275 e. The van der Waals surface area contributed by atoms with Crippen LogP contribution in [0.15, 0.2) is 42.0 Å². The Labute approximate surface area is 189 Å². The second kappa shape index (κ2) is 8.65. The molecule has 3 aromatic rings. The highest BCUT2D eigenvalue weighted by Gasteiger charge is 2.34. The molecule has 3 N–H and O–H groups in total. The summed E-state index contributed by atoms with van der Waals surface area (Å²) >= 11 is 7.17. The number of anilines is 1. The number of hydrogen-bond donors (Lipinski definition) is 2. The van der Waals surface area contributed by atoms with Crippen molar-refractivity contribution in [2.24, 2.45) is 11.1 Å². The van der Waals surface area contributed by atoms with Gasteiger partial charge in [-0.25, -0.2) is 9.37 Å². The van der Waals surface area contributed by atoms with E-state index in [0.717, 1.165) is 24.8 Å². The average molecular weight is 459 g/mol. The number of nitrogens with zero attached hydrogens (tertiary/aromatic N) is 2. The number of carbonyl (C=O) groups is 1. The van der Waals surface area contributed by atoms with Crippen molar-refractivity contribution in [2.45, 2.75) is 45.1 Å². The molecule has 1 fully saturated rings. The van der Waals surface area contributed by atoms with Crippen molar-refractivity contribution >= 4 is 34.5 Å². The standard InChI is InChI=1S/C23H24ClFN4OS/c1-23(2)9-13(7-15(26)10-23)16-5-6-27-11-19(16)28-21(30)20-12-31-22(29-20)17-8-14(24)3-4-18(17)25/h3-6,8,11-13,15H,7,9-10,26H2,1-2H3,(H,28,30)/t13-,15+/m0/s1. The van der Waals surface area contributed by atoms with E-state index in [1.165, 1.54) is 29.5 Å². The number of hydrogen-bond acceptors (Lipinski definition) is 5. The molecule has 0 radical (unpaired) electrons. The fraction of sp³-hybridized carbons (Fsp3) is 0.348. The highest BCUT2D eigenvalue weighted by atomic mass is 35.5. The van der Waals surface area contributed by atoms with Gasteiger partial charge >= 0.3 is 0 Å². The molecule has 162 valence electrons. The molecule has 0 spiro atoms. The number of pyridine rings is 1. The topological polar surface area (TPSA) is 80.9 Å². The quantitative estimate of drug-likeness (QED) is 0.512. The Kier molecular flexibility index (Phi) is 6.10. The summed E-state index contributed by atoms with van der Waals surface area (Å²) in [6.45, 7) is 4.45. The van der Waals surface area contributed by atoms with Gasteiger partial charge in [-0.2, -0.15) is 0 Å². The molecule has 0 bridgehead atoms. The van der Waals surface area contributed by atoms with Crippen LogP contribution in [0.5, 0.6) is 0 Å². The number of benzene rings is 1. The first-order valence-corrected chi connectivity index (χ1v) is 11.4. The normalized spacial score (nSPS) is 20.4. The van der Waals surface area contributed by atoms with Crippen molar-refractivity contribution in [1.82, 2.24) is 9.97 Å². The molecule has 1 amide bonds. The van der Waals surface area contributed by atoms with E-state index in [-0.39, 0.29) is 34.5 Å². The predicted octanol–water partition coefficient (Wildman–Crippen LogP) is 5.87. The van der Waals surface area contributed by atoms with Crippen molar-refractivity contribution < 1.29 is 9.18 Å². The SMILES string of the molecule is CC1(C)C[C@H](N)C[C@H](c2ccncc2NC(=O)c2csc(-c3cc(Cl)ccc3F)n2)C1. The first-order chi connectivity index (χ1) is 14.7. The highest BCUT2D eigenvalue weighted by molar-refractivity contribution is 7.13. The number of rotatable bonds is 4. The molecular formula is C23H24ClFN4OS. The minimum absolute atomic E-state index is 0.124. The number of amides is 1. The molecule has 2 aromatic heterocycles. The zero-order valence-electron chi connectivity index (χ0n) is 17.4. The van der Waals surface area contributed by atoms with Crippen LogP contribution in [0.2, 0.25) is 5.02 Å². The molecule has 5 nitrogen and oxygen atoms in total. The Morgan fingerprint density at radius 2 is 2.13 bits per heavy atom. The Morgan fingerprint density at radius 3 is 2.90 bits per heavy atom. The van der Waals surface area contributed by atoms with Crippen LogP contribution in [0.1, 0.15) is 55.1 Å². The van der Waals surface area contributed by atoms with Crippen LogP contribution in [0.3, 0.4) is 0 Å². The molecule has 0 unspecified atom stereocenters. The van der Waals surface area contributed by atoms with Gasteiger partial charge in [-0.3, -0.25) is 9.78 Å². The minimum Gasteiger partial charge on any atom is -0.328 e. The van der Waals surface area contributed by atoms with Gasteiger partial charge in [0.2, 0.25) is 0 Å². The molecule has 0 saturated heterocycles. The van der Waals surface area contributed by atoms with Gasteiger partial charge < -0.3 is 11.1 Å². The molecule has 4 rings (SSSR count). The lowest BCUT2D eigenvalue weighted by molar-refractivity contribution is 0.102. The fourth-order valence-corrected chi connectivity index (χ4v) is 5.43. The summed E-state index contributed by atoms with van der Waals surface area (Å²) in [5.41, 5.74) is 8.63. The summed E-state index contributed by atoms with van der Waals surface area (Å²) in [6.07, 6.45) is 6.23. The highest BCUT2D eigenvalue weighted by Crippen LogP contribution is 2.44. The number of nitrogens with two attached hydrogens (primary N) is 1. The van der Waals surface area contributed by atoms with Gasteiger partial charge in [0.25, 0.3) is 5.91 Å². The second-order valence-corrected chi connectivity index (χ2v) is 10.1. The van der Waals surface area contributed by atoms with Crippen molar-refractivity contribution in [3.63, 3.8) is 0 Å². The first-order valence-electron chi connectivity index (χ1n) is 10.1. The molecule has 8 heteroatoms. The number of halogens is 2. The van der Waals surface area contributed by atoms with Crippen LogP contribution >= 0.6 is 22.9 Å². The van der Waals surface area contributed by atoms with Gasteiger partial charge in [-0.05, 0) is 60.4 Å². The summed E-state index contributed by atoms with van der Waals surface area (Å²) in [6, 6.07) is 6.34. The zero-order valence-corrected chi connectivity index (χ0v) is 18.9. The molecule has 0 aliphatic heterocycles. The molecule has 31 heavy (non-hydrogen) atoms. The Morgan fingerprint density at radius 1 is 1.32 bits per heavy atom. The van der Waals surface area contributed by atoms with E-state index in [0.29, 0.717) is 15.7 Å². The summed E-state index contributed by atoms with van der Waals surface area (Å²) in [4.78, 5) is 21.4. The second-order valence-electron chi connectivity index (χ2n) is 8.84. The summed E-state index contributed by atoms with van der Waals surface area (Å²) in [7, 11) is 0. The minimum atomic E-state index is -0.434. The monoisotopic (exact) mass is 458 g/mol. The van der Waals surface area contributed by atoms with E-state index in [9.17, 15) is 9.18 Å². The van der Waals surface area contributed by atoms with Gasteiger partial charge in [0.05, 0.1) is 11.9 Å². The van der Waals surface area contributed by atoms with E-state index in [1.54, 1.807) is 17.8 Å². The predicted molar refractivity (Wildman–Crippen MR) is 123 cm³/mol. The van der Waals surface area contributed by atoms with Crippen molar-refractivity contribution in [3.8, 4) is 10.6 Å². The molecule has 2 atom stereocenters. The number of nitrogens with one attached hydrogen (secondary N) is 1. The largest absolute Gasteiger partial charge is 0.328 e. The zero-order chi connectivity index (χ0) is 22.2. The number of thiazole rings is 1. The third-order valence-electron chi connectivity index (χ3n) is 5.64. The summed E-state index contributed by atoms with van der Waals surface area (Å²) in [5, 5.41) is 5.36. The lowest BCUT2D eigenvalue weighted by Crippen LogP contribution is -2.36. The van der Waals surface area contributed by atoms with Crippen LogP contribution in [-0.2, 0) is 0 Å². The van der Waals surface area contributed by atoms with Crippen LogP contribution in [0, 0.1) is 11.2 Å². The maximum atomic E-state index is 14.2. The molecular weight excluding hydrogens is 435 g/mol. The molecule has 2 heterocycles. The van der Waals surface area contributed by atoms with Gasteiger partial charge in [0.15, 0.2) is 0 Å². The Balaban J connectivity index is 1.56. The number of carbonyl (C=O) groups excluding carboxylic acids is 1. The Bertz CT molecular complexity index is 1120. The van der Waals surface area contributed by atoms with Gasteiger partial charge in [0, 0.05) is 28.2 Å². The Hall–Kier alpha value is -2.35. The van der Waals surface area contributed by atoms with Crippen molar-refractivity contribution in [2.75, 3.05) is 5.32 Å². The molecule has 1 aromatic carbocycles. The van der Waals surface area contributed by atoms with E-state index in [4.69, 9.17) is 17.3 Å². The summed E-state index contributed by atoms with van der Waals surface area (Å²) in [5.74, 6) is -0.557. The van der Waals surface area contributed by atoms with Crippen LogP contribution in [0.4, 0.5) is 10.1 Å². The lowest BCUT2D eigenvalue weighted by atomic mass is 9.68. The molecule has 1 saturated carbocycles. The number of aromatic nitrogens is 2. The summed E-state index contributed by atoms with van der Waals surface area (Å²) < 4.78 is 14.2. The van der Waals surface area contributed by atoms with Gasteiger partial charge in [0.1, 0.15) is 16.5 Å². The van der Waals surface area contributed by atoms with Crippen LogP contribution in [0.25, 0.3) is 10.6 Å². The third-order valence-corrected chi connectivity index (χ3v) is 6.75. The van der Waals surface area contributed by atoms with E-state index >= 15 is 0 Å². The van der Waals surface area contributed by atoms with Gasteiger partial charge in [-0.15, -0.1) is 11.3 Å². The van der Waals surface area contributed by atoms with E-state index in [1.807, 2.05) is 6.07 Å². The van der Waals surface area contributed by atoms with Crippen molar-refractivity contribution in [3.05, 3.63) is 64.1 Å². The maximum Gasteiger partial charge on any atom is 0.275 e. The molecule has 1 aliphatic carbocycles. The van der Waals surface area contributed by atoms with E-state index < -0.39 is 5.82 Å².